The van der Waals surface area contributed by atoms with E-state index in [1.54, 1.807) is 37.6 Å². The molecule has 0 fully saturated rings. The Bertz CT molecular complexity index is 1740. The number of benzene rings is 3. The van der Waals surface area contributed by atoms with Gasteiger partial charge in [0, 0.05) is 38.3 Å². The molecular weight excluding hydrogens is 533 g/mol. The van der Waals surface area contributed by atoms with Crippen LogP contribution in [0.3, 0.4) is 0 Å². The number of aromatic carboxylic acids is 1. The van der Waals surface area contributed by atoms with E-state index in [0.29, 0.717) is 52.6 Å². The highest BCUT2D eigenvalue weighted by molar-refractivity contribution is 6.30. The predicted octanol–water partition coefficient (Wildman–Crippen LogP) is 6.50. The first-order valence-electron chi connectivity index (χ1n) is 12.8. The molecule has 0 bridgehead atoms. The SMILES string of the molecule is COCCn1c(Cc2ccc(-c3cccc4c3OC(c3ccc(Cl)cn3)C4)cc2F)nc2ccc(C(=O)O)cc21. The van der Waals surface area contributed by atoms with Crippen LogP contribution in [0.4, 0.5) is 4.39 Å². The number of imidazole rings is 1. The Morgan fingerprint density at radius 3 is 2.80 bits per heavy atom. The van der Waals surface area contributed by atoms with Gasteiger partial charge in [-0.05, 0) is 53.1 Å². The quantitative estimate of drug-likeness (QED) is 0.234. The number of pyridine rings is 1. The van der Waals surface area contributed by atoms with Gasteiger partial charge in [-0.3, -0.25) is 4.98 Å². The number of hydrogen-bond acceptors (Lipinski definition) is 5. The van der Waals surface area contributed by atoms with E-state index >= 15 is 4.39 Å². The summed E-state index contributed by atoms with van der Waals surface area (Å²) in [6.45, 7) is 0.866. The largest absolute Gasteiger partial charge is 0.483 e. The molecule has 0 aliphatic carbocycles. The smallest absolute Gasteiger partial charge is 0.335 e. The van der Waals surface area contributed by atoms with Gasteiger partial charge in [0.1, 0.15) is 23.5 Å². The lowest BCUT2D eigenvalue weighted by Crippen LogP contribution is -2.10. The van der Waals surface area contributed by atoms with Crippen molar-refractivity contribution in [3.8, 4) is 16.9 Å². The monoisotopic (exact) mass is 557 g/mol. The Labute approximate surface area is 234 Å². The van der Waals surface area contributed by atoms with Crippen LogP contribution in [0.5, 0.6) is 5.75 Å². The molecule has 0 saturated carbocycles. The van der Waals surface area contributed by atoms with Gasteiger partial charge in [-0.2, -0.15) is 0 Å². The number of hydrogen-bond donors (Lipinski definition) is 1. The Morgan fingerprint density at radius 1 is 1.18 bits per heavy atom. The van der Waals surface area contributed by atoms with E-state index in [1.807, 2.05) is 34.9 Å². The molecule has 1 atom stereocenters. The van der Waals surface area contributed by atoms with Crippen molar-refractivity contribution in [1.29, 1.82) is 0 Å². The van der Waals surface area contributed by atoms with E-state index in [-0.39, 0.29) is 23.9 Å². The molecule has 0 amide bonds. The third-order valence-corrected chi connectivity index (χ3v) is 7.37. The number of halogens is 2. The molecule has 2 aromatic heterocycles. The molecule has 0 spiro atoms. The lowest BCUT2D eigenvalue weighted by atomic mass is 9.98. The number of nitrogens with zero attached hydrogens (tertiary/aromatic N) is 3. The van der Waals surface area contributed by atoms with Crippen LogP contribution < -0.4 is 4.74 Å². The molecule has 3 aromatic carbocycles. The molecule has 202 valence electrons. The van der Waals surface area contributed by atoms with E-state index in [9.17, 15) is 9.90 Å². The van der Waals surface area contributed by atoms with Crippen LogP contribution in [-0.4, -0.2) is 39.3 Å². The van der Waals surface area contributed by atoms with Gasteiger partial charge >= 0.3 is 5.97 Å². The number of para-hydroxylation sites is 1. The van der Waals surface area contributed by atoms with Crippen molar-refractivity contribution >= 4 is 28.6 Å². The van der Waals surface area contributed by atoms with Crippen molar-refractivity contribution in [3.63, 3.8) is 0 Å². The predicted molar refractivity (Wildman–Crippen MR) is 150 cm³/mol. The maximum atomic E-state index is 15.6. The van der Waals surface area contributed by atoms with Crippen LogP contribution >= 0.6 is 11.6 Å². The fourth-order valence-electron chi connectivity index (χ4n) is 5.14. The number of carboxylic acid groups (broad SMARTS) is 1. The van der Waals surface area contributed by atoms with Gasteiger partial charge in [0.05, 0.1) is 33.9 Å². The maximum Gasteiger partial charge on any atom is 0.335 e. The van der Waals surface area contributed by atoms with E-state index in [2.05, 4.69) is 9.97 Å². The van der Waals surface area contributed by atoms with Gasteiger partial charge in [-0.1, -0.05) is 41.9 Å². The third kappa shape index (κ3) is 4.92. The number of aromatic nitrogens is 3. The minimum atomic E-state index is -1.02. The summed E-state index contributed by atoms with van der Waals surface area (Å²) in [7, 11) is 1.60. The summed E-state index contributed by atoms with van der Waals surface area (Å²) in [5.74, 6) is -0.0206. The fourth-order valence-corrected chi connectivity index (χ4v) is 5.25. The highest BCUT2D eigenvalue weighted by Crippen LogP contribution is 2.43. The molecule has 1 unspecified atom stereocenters. The summed E-state index contributed by atoms with van der Waals surface area (Å²) in [6, 6.07) is 19.5. The second-order valence-electron chi connectivity index (χ2n) is 9.67. The van der Waals surface area contributed by atoms with Crippen LogP contribution in [0.25, 0.3) is 22.2 Å². The van der Waals surface area contributed by atoms with Crippen molar-refractivity contribution in [3.05, 3.63) is 112 Å². The molecule has 5 aromatic rings. The van der Waals surface area contributed by atoms with Crippen LogP contribution in [-0.2, 0) is 24.1 Å². The zero-order valence-corrected chi connectivity index (χ0v) is 22.4. The topological polar surface area (TPSA) is 86.5 Å². The van der Waals surface area contributed by atoms with Crippen LogP contribution in [0, 0.1) is 5.82 Å². The van der Waals surface area contributed by atoms with Gasteiger partial charge in [0.2, 0.25) is 0 Å². The van der Waals surface area contributed by atoms with E-state index < -0.39 is 5.97 Å². The Kier molecular flexibility index (Phi) is 6.96. The lowest BCUT2D eigenvalue weighted by Gasteiger charge is -2.13. The molecular formula is C31H25ClFN3O4. The Hall–Kier alpha value is -4.27. The molecule has 6 rings (SSSR count). The van der Waals surface area contributed by atoms with E-state index in [4.69, 9.17) is 21.1 Å². The summed E-state index contributed by atoms with van der Waals surface area (Å²) in [5, 5.41) is 9.99. The molecule has 0 radical (unpaired) electrons. The van der Waals surface area contributed by atoms with E-state index in [0.717, 1.165) is 22.6 Å². The number of methoxy groups -OCH3 is 1. The number of ether oxygens (including phenoxy) is 2. The number of fused-ring (bicyclic) bond motifs is 2. The fraction of sp³-hybridized carbons (Fsp3) is 0.194. The van der Waals surface area contributed by atoms with Crippen molar-refractivity contribution < 1.29 is 23.8 Å². The van der Waals surface area contributed by atoms with Crippen molar-refractivity contribution in [1.82, 2.24) is 14.5 Å². The maximum absolute atomic E-state index is 15.6. The molecule has 0 saturated heterocycles. The Balaban J connectivity index is 1.30. The van der Waals surface area contributed by atoms with Gasteiger partial charge in [0.25, 0.3) is 0 Å². The highest BCUT2D eigenvalue weighted by atomic mass is 35.5. The standard InChI is InChI=1S/C31H25ClFN3O4/c1-39-12-11-36-27-14-21(31(37)38)7-9-25(27)35-29(36)16-19-6-5-18(13-24(19)33)23-4-2-3-20-15-28(40-30(20)23)26-10-8-22(32)17-34-26/h2-10,13-14,17,28H,11-12,15-16H2,1H3,(H,37,38). The van der Waals surface area contributed by atoms with Crippen molar-refractivity contribution in [2.75, 3.05) is 13.7 Å². The molecule has 1 N–H and O–H groups in total. The average molecular weight is 558 g/mol. The summed E-state index contributed by atoms with van der Waals surface area (Å²) >= 11 is 5.99. The lowest BCUT2D eigenvalue weighted by molar-refractivity contribution is 0.0697. The highest BCUT2D eigenvalue weighted by Gasteiger charge is 2.28. The van der Waals surface area contributed by atoms with Crippen LogP contribution in [0.1, 0.15) is 39.1 Å². The van der Waals surface area contributed by atoms with Gasteiger partial charge in [-0.25, -0.2) is 14.2 Å². The molecule has 1 aliphatic rings. The molecule has 7 nitrogen and oxygen atoms in total. The summed E-state index contributed by atoms with van der Waals surface area (Å²) in [5.41, 5.74) is 5.32. The summed E-state index contributed by atoms with van der Waals surface area (Å²) in [6.07, 6.45) is 2.27. The molecule has 9 heteroatoms. The minimum Gasteiger partial charge on any atom is -0.483 e. The van der Waals surface area contributed by atoms with Crippen molar-refractivity contribution in [2.45, 2.75) is 25.5 Å². The third-order valence-electron chi connectivity index (χ3n) is 7.15. The van der Waals surface area contributed by atoms with Gasteiger partial charge in [-0.15, -0.1) is 0 Å². The van der Waals surface area contributed by atoms with Gasteiger partial charge in [0.15, 0.2) is 0 Å². The normalized spacial score (nSPS) is 14.3. The summed E-state index contributed by atoms with van der Waals surface area (Å²) in [4.78, 5) is 20.6. The molecule has 40 heavy (non-hydrogen) atoms. The first-order chi connectivity index (χ1) is 19.4. The Morgan fingerprint density at radius 2 is 2.05 bits per heavy atom. The average Bonchev–Trinajstić information content (AvgIpc) is 3.54. The number of carboxylic acids is 1. The van der Waals surface area contributed by atoms with Crippen molar-refractivity contribution in [2.24, 2.45) is 0 Å². The summed E-state index contributed by atoms with van der Waals surface area (Å²) < 4.78 is 29.0. The van der Waals surface area contributed by atoms with Gasteiger partial charge < -0.3 is 19.1 Å². The number of carbonyl (C=O) groups is 1. The first-order valence-corrected chi connectivity index (χ1v) is 13.2. The minimum absolute atomic E-state index is 0.167. The van der Waals surface area contributed by atoms with Crippen LogP contribution in [0.2, 0.25) is 5.02 Å². The first kappa shape index (κ1) is 26.0. The zero-order valence-electron chi connectivity index (χ0n) is 21.6. The second kappa shape index (κ2) is 10.7. The van der Waals surface area contributed by atoms with E-state index in [1.165, 1.54) is 12.1 Å². The molecule has 3 heterocycles. The second-order valence-corrected chi connectivity index (χ2v) is 10.1. The zero-order chi connectivity index (χ0) is 27.8. The number of rotatable bonds is 8. The van der Waals surface area contributed by atoms with Crippen LogP contribution in [0.15, 0.2) is 72.9 Å². The molecule has 1 aliphatic heterocycles.